The third-order valence-electron chi connectivity index (χ3n) is 21.9. The van der Waals surface area contributed by atoms with E-state index in [-0.39, 0.29) is 33.0 Å². The smallest absolute Gasteiger partial charge is 0.391 e. The van der Waals surface area contributed by atoms with Gasteiger partial charge in [-0.25, -0.2) is 0 Å². The van der Waals surface area contributed by atoms with Crippen molar-refractivity contribution in [1.82, 2.24) is 20.4 Å². The van der Waals surface area contributed by atoms with Crippen molar-refractivity contribution in [1.29, 1.82) is 0 Å². The Bertz CT molecular complexity index is 2170. The van der Waals surface area contributed by atoms with Gasteiger partial charge in [-0.05, 0) is 116 Å². The molecule has 0 aliphatic heterocycles. The summed E-state index contributed by atoms with van der Waals surface area (Å²) in [5.41, 5.74) is 5.59. The number of aliphatic hydroxyl groups excluding tert-OH is 7. The van der Waals surface area contributed by atoms with E-state index in [0.717, 1.165) is 122 Å². The van der Waals surface area contributed by atoms with Crippen molar-refractivity contribution in [2.24, 2.45) is 5.73 Å². The number of unbranched alkanes of at least 4 members (excludes halogenated alkanes) is 11. The van der Waals surface area contributed by atoms with Gasteiger partial charge in [-0.3, -0.25) is 9.80 Å². The summed E-state index contributed by atoms with van der Waals surface area (Å²) in [6.07, 6.45) is 16.2. The summed E-state index contributed by atoms with van der Waals surface area (Å²) in [5.74, 6) is 0. The van der Waals surface area contributed by atoms with Crippen LogP contribution in [-0.2, 0) is 126 Å². The summed E-state index contributed by atoms with van der Waals surface area (Å²) >= 11 is 0. The molecule has 0 aliphatic carbocycles. The van der Waals surface area contributed by atoms with Gasteiger partial charge in [0.15, 0.2) is 0 Å². The van der Waals surface area contributed by atoms with Crippen molar-refractivity contribution in [3.63, 3.8) is 0 Å². The molecule has 0 radical (unpaired) electrons. The molecule has 0 amide bonds. The average Bonchev–Trinajstić information content (AvgIpc) is 0.914. The van der Waals surface area contributed by atoms with Gasteiger partial charge in [-0.15, -0.1) is 0 Å². The van der Waals surface area contributed by atoms with Gasteiger partial charge in [0.25, 0.3) is 0 Å². The number of rotatable bonds is 97. The number of hydrogen-bond acceptors (Lipinski definition) is 40. The number of aliphatic hydroxyl groups is 7. The minimum absolute atomic E-state index is 0.176. The van der Waals surface area contributed by atoms with Gasteiger partial charge in [0, 0.05) is 277 Å². The monoisotopic (exact) mass is 2000 g/mol. The van der Waals surface area contributed by atoms with Crippen molar-refractivity contribution >= 4 is 61.6 Å². The molecule has 40 nitrogen and oxygen atoms in total. The lowest BCUT2D eigenvalue weighted by molar-refractivity contribution is -0.0111. The highest BCUT2D eigenvalue weighted by Gasteiger charge is 2.42. The molecule has 0 aliphatic rings. The van der Waals surface area contributed by atoms with Crippen LogP contribution in [0.25, 0.3) is 0 Å². The quantitative estimate of drug-likeness (QED) is 0.0280. The van der Waals surface area contributed by atoms with E-state index in [1.165, 1.54) is 12.8 Å². The Kier molecular flexibility index (Phi) is 90.9. The molecule has 7 atom stereocenters. The first-order valence-electron chi connectivity index (χ1n) is 46.1. The molecule has 0 fully saturated rings. The highest BCUT2D eigenvalue weighted by Crippen LogP contribution is 2.23. The van der Waals surface area contributed by atoms with E-state index in [0.29, 0.717) is 180 Å². The molecule has 11 N–H and O–H groups in total. The molecular weight excluding hydrogens is 1810 g/mol. The van der Waals surface area contributed by atoms with Crippen LogP contribution in [0.2, 0.25) is 42.3 Å². The van der Waals surface area contributed by atoms with Gasteiger partial charge in [0.2, 0.25) is 0 Å². The molecule has 0 heterocycles. The van der Waals surface area contributed by atoms with Crippen LogP contribution in [0.1, 0.15) is 141 Å². The fraction of sp³-hybridized carbons (Fsp3) is 1.00. The number of nitrogens with one attached hydrogen (secondary N) is 2. The fourth-order valence-electron chi connectivity index (χ4n) is 13.9. The Morgan fingerprint density at radius 2 is 0.395 bits per heavy atom. The number of nitrogens with zero attached hydrogens (tertiary/aromatic N) is 2. The van der Waals surface area contributed by atoms with Crippen molar-refractivity contribution in [2.75, 3.05) is 314 Å². The summed E-state index contributed by atoms with van der Waals surface area (Å²) < 4.78 is 153. The van der Waals surface area contributed by atoms with Crippen LogP contribution in [0.4, 0.5) is 0 Å². The van der Waals surface area contributed by atoms with Crippen molar-refractivity contribution < 1.29 is 162 Å². The molecule has 0 bridgehead atoms. The van der Waals surface area contributed by atoms with E-state index < -0.39 is 104 Å². The molecule has 0 aromatic carbocycles. The molecule has 0 rings (SSSR count). The third-order valence-corrected chi connectivity index (χ3v) is 41.7. The van der Waals surface area contributed by atoms with Gasteiger partial charge in [0.1, 0.15) is 0 Å². The largest absolute Gasteiger partial charge is 0.500 e. The van der Waals surface area contributed by atoms with Gasteiger partial charge >= 0.3 is 61.6 Å². The van der Waals surface area contributed by atoms with E-state index in [1.807, 2.05) is 0 Å². The normalized spacial score (nSPS) is 14.4. The van der Waals surface area contributed by atoms with Gasteiger partial charge in [0.05, 0.1) is 89.0 Å². The summed E-state index contributed by atoms with van der Waals surface area (Å²) in [5, 5.41) is 79.7. The van der Waals surface area contributed by atoms with E-state index in [1.54, 1.807) is 149 Å². The first-order chi connectivity index (χ1) is 62.2. The summed E-state index contributed by atoms with van der Waals surface area (Å²) in [4.78, 5) is 4.14. The highest BCUT2D eigenvalue weighted by atomic mass is 28.4. The standard InChI is InChI=1S/C33H76N2O15Si3.C25H57NO10Si2.C24H56N2O10Si2/c1-39-51(40-2,41-3)22-14-19-48-28-31(36)25-34-17-12-10-11-13-18-35(26-32(37)29-49-20-15-23-52(42-4,43-5)44-6)27-33(38)30-50-21-16-24-53(45-7,46-8)47-9;1-29-37(30-2,31-3)19-13-17-35-22-24(27)15-11-9-7-8-10-12-16-26-21-25(28)23-36-18-14-20-38(32-4,33-5)34-6;1-29-37(30-2,31-3)17-11-15-35-21-23(27)19-26(14-10-8-7-9-13-25)20-24(28)22-36-16-12-18-38(32-4,33-5)34-6/h31-34,36-38H,10-30H2,1-9H3;24-28H,7-23H2,1-6H3;23-24,27-28H,7-22,25H2,1-6H3. The SMILES string of the molecule is CO[Si](CCCOCC(O)CCCCCCCCNCC(O)COCCC[Si](OC)(OC)OC)(OC)OC.CO[Si](CCCOCC(O)CN(CCCCCCN)CC(O)COCCC[Si](OC)(OC)OC)(OC)OC.CO[Si](CCCOCC(O)CNCCCCCCN(CC(O)COCCC[Si](OC)(OC)OC)CC(O)COCCC[Si](OC)(OC)OC)(OC)OC. The molecule has 780 valence electrons. The zero-order valence-electron chi connectivity index (χ0n) is 83.8. The zero-order valence-corrected chi connectivity index (χ0v) is 90.8. The minimum atomic E-state index is -2.66. The molecule has 129 heavy (non-hydrogen) atoms. The predicted molar refractivity (Wildman–Crippen MR) is 508 cm³/mol. The molecule has 7 unspecified atom stereocenters. The second-order valence-electron chi connectivity index (χ2n) is 31.3. The lowest BCUT2D eigenvalue weighted by Gasteiger charge is -2.27. The predicted octanol–water partition coefficient (Wildman–Crippen LogP) is 5.07. The van der Waals surface area contributed by atoms with Crippen LogP contribution in [0, 0.1) is 0 Å². The Balaban J connectivity index is -0.00000189. The fourth-order valence-corrected chi connectivity index (χ4v) is 25.8. The summed E-state index contributed by atoms with van der Waals surface area (Å²) in [6, 6.07) is 4.53. The topological polar surface area (TPSA) is 457 Å². The van der Waals surface area contributed by atoms with Crippen LogP contribution in [0.3, 0.4) is 0 Å². The average molecular weight is 2000 g/mol. The second kappa shape index (κ2) is 88.1. The molecule has 0 aromatic heterocycles. The highest BCUT2D eigenvalue weighted by molar-refractivity contribution is 6.62. The first kappa shape index (κ1) is 133. The Morgan fingerprint density at radius 1 is 0.217 bits per heavy atom. The summed E-state index contributed by atoms with van der Waals surface area (Å²) in [6.45, 7) is 11.5. The lowest BCUT2D eigenvalue weighted by Crippen LogP contribution is -2.43. The Hall–Kier alpha value is -0.0818. The Labute approximate surface area is 785 Å². The van der Waals surface area contributed by atoms with Gasteiger partial charge in [-0.2, -0.15) is 0 Å². The van der Waals surface area contributed by atoms with E-state index >= 15 is 0 Å². The molecule has 0 saturated heterocycles. The minimum Gasteiger partial charge on any atom is -0.391 e. The number of hydrogen-bond donors (Lipinski definition) is 10. The Morgan fingerprint density at radius 3 is 0.605 bits per heavy atom. The van der Waals surface area contributed by atoms with Crippen LogP contribution < -0.4 is 16.4 Å². The maximum atomic E-state index is 10.8. The van der Waals surface area contributed by atoms with E-state index in [9.17, 15) is 35.7 Å². The van der Waals surface area contributed by atoms with Crippen molar-refractivity contribution in [3.05, 3.63) is 0 Å². The molecule has 47 heteroatoms. The summed E-state index contributed by atoms with van der Waals surface area (Å²) in [7, 11) is 15.2. The number of nitrogens with two attached hydrogens (primary N) is 1. The van der Waals surface area contributed by atoms with Gasteiger partial charge in [-0.1, -0.05) is 57.8 Å². The van der Waals surface area contributed by atoms with Crippen LogP contribution in [-0.4, -0.2) is 464 Å². The third kappa shape index (κ3) is 67.8. The molecule has 0 saturated carbocycles. The van der Waals surface area contributed by atoms with Crippen LogP contribution in [0.5, 0.6) is 0 Å². The molecular formula is C82H189N5O35Si7. The van der Waals surface area contributed by atoms with Crippen LogP contribution >= 0.6 is 0 Å². The maximum absolute atomic E-state index is 10.8. The van der Waals surface area contributed by atoms with Crippen LogP contribution in [0.15, 0.2) is 0 Å². The van der Waals surface area contributed by atoms with E-state index in [2.05, 4.69) is 20.4 Å². The lowest BCUT2D eigenvalue weighted by atomic mass is 10.1. The molecule has 0 aromatic rings. The van der Waals surface area contributed by atoms with E-state index in [4.69, 9.17) is 132 Å². The zero-order chi connectivity index (χ0) is 97.1. The number of ether oxygens (including phenoxy) is 7. The van der Waals surface area contributed by atoms with Crippen molar-refractivity contribution in [3.8, 4) is 0 Å². The first-order valence-corrected chi connectivity index (χ1v) is 59.6. The van der Waals surface area contributed by atoms with Gasteiger partial charge < -0.3 is 178 Å². The van der Waals surface area contributed by atoms with Crippen molar-refractivity contribution in [2.45, 2.75) is 226 Å². The second-order valence-corrected chi connectivity index (χ2v) is 53.0. The molecule has 0 spiro atoms. The maximum Gasteiger partial charge on any atom is 0.500 e.